The maximum atomic E-state index is 12.1. The lowest BCUT2D eigenvalue weighted by molar-refractivity contribution is -0.153. The van der Waals surface area contributed by atoms with Crippen molar-refractivity contribution in [3.8, 4) is 0 Å². The minimum Gasteiger partial charge on any atom is -0.466 e. The summed E-state index contributed by atoms with van der Waals surface area (Å²) in [6, 6.07) is 2.02. The molecule has 1 aliphatic heterocycles. The highest BCUT2D eigenvalue weighted by Crippen LogP contribution is 2.33. The van der Waals surface area contributed by atoms with E-state index in [1.165, 1.54) is 0 Å². The van der Waals surface area contributed by atoms with Crippen molar-refractivity contribution in [2.75, 3.05) is 24.6 Å². The van der Waals surface area contributed by atoms with E-state index in [2.05, 4.69) is 21.8 Å². The van der Waals surface area contributed by atoms with Crippen molar-refractivity contribution in [3.05, 3.63) is 17.6 Å². The molecule has 5 heteroatoms. The summed E-state index contributed by atoms with van der Waals surface area (Å²) in [5, 5.41) is 0. The van der Waals surface area contributed by atoms with Gasteiger partial charge in [-0.1, -0.05) is 6.92 Å². The number of anilines is 1. The van der Waals surface area contributed by atoms with Crippen LogP contribution in [0, 0.1) is 12.3 Å². The molecule has 1 saturated heterocycles. The van der Waals surface area contributed by atoms with Crippen molar-refractivity contribution in [1.29, 1.82) is 0 Å². The third-order valence-electron chi connectivity index (χ3n) is 3.81. The van der Waals surface area contributed by atoms with E-state index in [9.17, 15) is 4.79 Å². The second-order valence-electron chi connectivity index (χ2n) is 5.57. The van der Waals surface area contributed by atoms with E-state index in [1.807, 2.05) is 26.8 Å². The molecule has 20 heavy (non-hydrogen) atoms. The van der Waals surface area contributed by atoms with Gasteiger partial charge in [0.05, 0.1) is 12.0 Å². The van der Waals surface area contributed by atoms with Crippen LogP contribution in [0.25, 0.3) is 0 Å². The highest BCUT2D eigenvalue weighted by atomic mass is 16.5. The van der Waals surface area contributed by atoms with Crippen LogP contribution >= 0.6 is 0 Å². The zero-order valence-electron chi connectivity index (χ0n) is 12.8. The summed E-state index contributed by atoms with van der Waals surface area (Å²) in [4.78, 5) is 23.1. The van der Waals surface area contributed by atoms with E-state index in [0.29, 0.717) is 13.2 Å². The van der Waals surface area contributed by atoms with Gasteiger partial charge in [0.2, 0.25) is 0 Å². The van der Waals surface area contributed by atoms with Crippen LogP contribution in [0.4, 0.5) is 5.82 Å². The van der Waals surface area contributed by atoms with Gasteiger partial charge in [-0.25, -0.2) is 9.97 Å². The predicted molar refractivity (Wildman–Crippen MR) is 77.7 cm³/mol. The Labute approximate surface area is 120 Å². The molecule has 0 aliphatic carbocycles. The van der Waals surface area contributed by atoms with Gasteiger partial charge in [-0.05, 0) is 33.6 Å². The molecule has 0 spiro atoms. The van der Waals surface area contributed by atoms with Crippen LogP contribution in [0.2, 0.25) is 0 Å². The van der Waals surface area contributed by atoms with Crippen molar-refractivity contribution in [3.63, 3.8) is 0 Å². The normalized spacial score (nSPS) is 22.1. The van der Waals surface area contributed by atoms with E-state index >= 15 is 0 Å². The maximum absolute atomic E-state index is 12.1. The lowest BCUT2D eigenvalue weighted by Crippen LogP contribution is -2.34. The molecular formula is C15H23N3O2. The van der Waals surface area contributed by atoms with Crippen molar-refractivity contribution >= 4 is 11.8 Å². The van der Waals surface area contributed by atoms with Gasteiger partial charge in [-0.3, -0.25) is 4.79 Å². The summed E-state index contributed by atoms with van der Waals surface area (Å²) in [5.41, 5.74) is 0.610. The Balaban J connectivity index is 2.17. The Morgan fingerprint density at radius 1 is 1.45 bits per heavy atom. The SMILES string of the molecule is CCOC(=O)C1(C)CCN(c2cc(CC)nc(C)n2)C1. The number of rotatable bonds is 4. The van der Waals surface area contributed by atoms with Gasteiger partial charge in [0.1, 0.15) is 11.6 Å². The topological polar surface area (TPSA) is 55.3 Å². The predicted octanol–water partition coefficient (Wildman–Crippen LogP) is 2.13. The summed E-state index contributed by atoms with van der Waals surface area (Å²) >= 11 is 0. The summed E-state index contributed by atoms with van der Waals surface area (Å²) in [6.07, 6.45) is 1.69. The molecular weight excluding hydrogens is 254 g/mol. The van der Waals surface area contributed by atoms with Crippen LogP contribution in [-0.2, 0) is 16.0 Å². The minimum atomic E-state index is -0.429. The third-order valence-corrected chi connectivity index (χ3v) is 3.81. The summed E-state index contributed by atoms with van der Waals surface area (Å²) < 4.78 is 5.18. The van der Waals surface area contributed by atoms with Gasteiger partial charge in [0, 0.05) is 24.8 Å². The van der Waals surface area contributed by atoms with Crippen molar-refractivity contribution in [2.45, 2.75) is 40.5 Å². The first-order valence-electron chi connectivity index (χ1n) is 7.25. The van der Waals surface area contributed by atoms with Gasteiger partial charge in [-0.15, -0.1) is 0 Å². The molecule has 110 valence electrons. The number of carbonyl (C=O) groups is 1. The number of ether oxygens (including phenoxy) is 1. The van der Waals surface area contributed by atoms with E-state index in [4.69, 9.17) is 4.74 Å². The van der Waals surface area contributed by atoms with Crippen molar-refractivity contribution in [2.24, 2.45) is 5.41 Å². The fourth-order valence-electron chi connectivity index (χ4n) is 2.58. The van der Waals surface area contributed by atoms with Gasteiger partial charge >= 0.3 is 5.97 Å². The molecule has 1 atom stereocenters. The molecule has 0 bridgehead atoms. The van der Waals surface area contributed by atoms with Crippen LogP contribution in [0.15, 0.2) is 6.07 Å². The second kappa shape index (κ2) is 5.77. The van der Waals surface area contributed by atoms with E-state index in [-0.39, 0.29) is 5.97 Å². The lowest BCUT2D eigenvalue weighted by atomic mass is 9.90. The number of hydrogen-bond donors (Lipinski definition) is 0. The molecule has 1 aromatic heterocycles. The number of aromatic nitrogens is 2. The fraction of sp³-hybridized carbons (Fsp3) is 0.667. The zero-order valence-corrected chi connectivity index (χ0v) is 12.8. The first-order chi connectivity index (χ1) is 9.48. The molecule has 0 radical (unpaired) electrons. The van der Waals surface area contributed by atoms with Gasteiger partial charge in [0.25, 0.3) is 0 Å². The number of hydrogen-bond acceptors (Lipinski definition) is 5. The Morgan fingerprint density at radius 3 is 2.85 bits per heavy atom. The monoisotopic (exact) mass is 277 g/mol. The maximum Gasteiger partial charge on any atom is 0.313 e. The van der Waals surface area contributed by atoms with Crippen molar-refractivity contribution in [1.82, 2.24) is 9.97 Å². The van der Waals surface area contributed by atoms with Crippen LogP contribution in [0.3, 0.4) is 0 Å². The van der Waals surface area contributed by atoms with E-state index < -0.39 is 5.41 Å². The number of nitrogens with zero attached hydrogens (tertiary/aromatic N) is 3. The molecule has 2 heterocycles. The molecule has 1 aliphatic rings. The number of aryl methyl sites for hydroxylation is 2. The average Bonchev–Trinajstić information content (AvgIpc) is 2.82. The summed E-state index contributed by atoms with van der Waals surface area (Å²) in [5.74, 6) is 1.59. The van der Waals surface area contributed by atoms with E-state index in [0.717, 1.165) is 36.7 Å². The highest BCUT2D eigenvalue weighted by molar-refractivity contribution is 5.78. The number of carbonyl (C=O) groups excluding carboxylic acids is 1. The standard InChI is InChI=1S/C15H23N3O2/c1-5-12-9-13(17-11(3)16-12)18-8-7-15(4,10-18)14(19)20-6-2/h9H,5-8,10H2,1-4H3. The molecule has 1 unspecified atom stereocenters. The highest BCUT2D eigenvalue weighted by Gasteiger charge is 2.42. The summed E-state index contributed by atoms with van der Waals surface area (Å²) in [6.45, 7) is 9.72. The molecule has 0 N–H and O–H groups in total. The second-order valence-corrected chi connectivity index (χ2v) is 5.57. The largest absolute Gasteiger partial charge is 0.466 e. The smallest absolute Gasteiger partial charge is 0.313 e. The first kappa shape index (κ1) is 14.8. The molecule has 0 saturated carbocycles. The minimum absolute atomic E-state index is 0.107. The Morgan fingerprint density at radius 2 is 2.20 bits per heavy atom. The van der Waals surface area contributed by atoms with E-state index in [1.54, 1.807) is 0 Å². The van der Waals surface area contributed by atoms with Gasteiger partial charge < -0.3 is 9.64 Å². The van der Waals surface area contributed by atoms with Crippen LogP contribution < -0.4 is 4.90 Å². The van der Waals surface area contributed by atoms with Crippen LogP contribution in [0.5, 0.6) is 0 Å². The van der Waals surface area contributed by atoms with Crippen LogP contribution in [0.1, 0.15) is 38.7 Å². The number of esters is 1. The van der Waals surface area contributed by atoms with Gasteiger partial charge in [-0.2, -0.15) is 0 Å². The molecule has 1 aromatic rings. The first-order valence-corrected chi connectivity index (χ1v) is 7.25. The fourth-order valence-corrected chi connectivity index (χ4v) is 2.58. The summed E-state index contributed by atoms with van der Waals surface area (Å²) in [7, 11) is 0. The van der Waals surface area contributed by atoms with Crippen molar-refractivity contribution < 1.29 is 9.53 Å². The van der Waals surface area contributed by atoms with Gasteiger partial charge in [0.15, 0.2) is 0 Å². The Hall–Kier alpha value is -1.65. The molecule has 0 aromatic carbocycles. The quantitative estimate of drug-likeness (QED) is 0.789. The molecule has 0 amide bonds. The third kappa shape index (κ3) is 2.92. The lowest BCUT2D eigenvalue weighted by Gasteiger charge is -2.23. The Bertz CT molecular complexity index is 504. The molecule has 2 rings (SSSR count). The molecule has 5 nitrogen and oxygen atoms in total. The zero-order chi connectivity index (χ0) is 14.8. The average molecular weight is 277 g/mol. The Kier molecular flexibility index (Phi) is 4.26. The molecule has 1 fully saturated rings. The van der Waals surface area contributed by atoms with Crippen LogP contribution in [-0.4, -0.2) is 35.6 Å².